The first-order valence-electron chi connectivity index (χ1n) is 10.8. The Morgan fingerprint density at radius 1 is 0.727 bits per heavy atom. The first-order chi connectivity index (χ1) is 16.3. The van der Waals surface area contributed by atoms with E-state index in [2.05, 4.69) is 10.2 Å². The molecule has 3 aromatic carbocycles. The van der Waals surface area contributed by atoms with E-state index in [-0.39, 0.29) is 12.2 Å². The molecule has 2 aliphatic heterocycles. The number of nitrogens with zero attached hydrogens (tertiary/aromatic N) is 3. The molecule has 0 aliphatic carbocycles. The highest BCUT2D eigenvalue weighted by molar-refractivity contribution is 7.99. The zero-order valence-electron chi connectivity index (χ0n) is 17.7. The minimum Gasteiger partial charge on any atom is -0.486 e. The van der Waals surface area contributed by atoms with Crippen molar-refractivity contribution in [3.63, 3.8) is 0 Å². The normalized spacial score (nSPS) is 18.7. The fourth-order valence-corrected chi connectivity index (χ4v) is 4.79. The maximum Gasteiger partial charge on any atom is 0.196 e. The van der Waals surface area contributed by atoms with Gasteiger partial charge in [0.15, 0.2) is 40.1 Å². The molecule has 6 rings (SSSR count). The van der Waals surface area contributed by atoms with Gasteiger partial charge in [0.1, 0.15) is 19.3 Å². The van der Waals surface area contributed by atoms with Crippen molar-refractivity contribution in [2.75, 3.05) is 19.0 Å². The predicted molar refractivity (Wildman–Crippen MR) is 124 cm³/mol. The minimum atomic E-state index is -0.372. The number of aromatic nitrogens is 3. The van der Waals surface area contributed by atoms with Crippen molar-refractivity contribution in [3.05, 3.63) is 84.7 Å². The average Bonchev–Trinajstić information content (AvgIpc) is 3.31. The molecule has 8 heteroatoms. The maximum atomic E-state index is 6.22. The fraction of sp³-hybridized carbons (Fsp3) is 0.200. The van der Waals surface area contributed by atoms with Gasteiger partial charge in [-0.25, -0.2) is 0 Å². The molecule has 7 nitrogen and oxygen atoms in total. The van der Waals surface area contributed by atoms with E-state index in [0.717, 1.165) is 28.1 Å². The van der Waals surface area contributed by atoms with Gasteiger partial charge in [-0.05, 0) is 36.4 Å². The summed E-state index contributed by atoms with van der Waals surface area (Å²) in [6, 6.07) is 25.4. The first kappa shape index (κ1) is 20.0. The third-order valence-electron chi connectivity index (χ3n) is 5.44. The molecule has 3 heterocycles. The Balaban J connectivity index is 1.26. The number of hydrogen-bond acceptors (Lipinski definition) is 7. The average molecular weight is 460 g/mol. The van der Waals surface area contributed by atoms with Crippen molar-refractivity contribution in [3.8, 4) is 28.7 Å². The molecule has 0 bridgehead atoms. The third-order valence-corrected chi connectivity index (χ3v) is 6.50. The van der Waals surface area contributed by atoms with Crippen LogP contribution in [-0.2, 0) is 0 Å². The molecule has 2 unspecified atom stereocenters. The predicted octanol–water partition coefficient (Wildman–Crippen LogP) is 4.71. The summed E-state index contributed by atoms with van der Waals surface area (Å²) in [5.74, 6) is 4.36. The molecule has 0 fully saturated rings. The van der Waals surface area contributed by atoms with Gasteiger partial charge in [0, 0.05) is 11.4 Å². The second-order valence-corrected chi connectivity index (χ2v) is 8.67. The Morgan fingerprint density at radius 2 is 1.36 bits per heavy atom. The minimum absolute atomic E-state index is 0.0876. The number of rotatable bonds is 5. The van der Waals surface area contributed by atoms with Crippen LogP contribution in [0.2, 0.25) is 0 Å². The van der Waals surface area contributed by atoms with Crippen LogP contribution >= 0.6 is 11.8 Å². The molecular formula is C25H21N3O4S. The van der Waals surface area contributed by atoms with E-state index in [1.165, 1.54) is 0 Å². The van der Waals surface area contributed by atoms with Gasteiger partial charge in [0.05, 0.1) is 0 Å². The second-order valence-electron chi connectivity index (χ2n) is 7.68. The van der Waals surface area contributed by atoms with Crippen molar-refractivity contribution >= 4 is 11.8 Å². The number of thioether (sulfide) groups is 1. The summed E-state index contributed by atoms with van der Waals surface area (Å²) in [4.78, 5) is 0. The summed E-state index contributed by atoms with van der Waals surface area (Å²) in [5, 5.41) is 9.77. The molecule has 2 atom stereocenters. The summed E-state index contributed by atoms with van der Waals surface area (Å²) in [6.45, 7) is 0.857. The van der Waals surface area contributed by atoms with Crippen LogP contribution in [0.4, 0.5) is 0 Å². The molecule has 1 aromatic heterocycles. The summed E-state index contributed by atoms with van der Waals surface area (Å²) < 4.78 is 26.2. The summed E-state index contributed by atoms with van der Waals surface area (Å²) in [6.07, 6.45) is -0.460. The molecule has 33 heavy (non-hydrogen) atoms. The second kappa shape index (κ2) is 8.71. The van der Waals surface area contributed by atoms with E-state index in [1.807, 2.05) is 83.4 Å². The molecule has 0 N–H and O–H groups in total. The van der Waals surface area contributed by atoms with Crippen LogP contribution in [0, 0.1) is 0 Å². The van der Waals surface area contributed by atoms with Crippen LogP contribution in [-0.4, -0.2) is 39.8 Å². The van der Waals surface area contributed by atoms with Crippen molar-refractivity contribution in [2.24, 2.45) is 0 Å². The van der Waals surface area contributed by atoms with Gasteiger partial charge in [0.25, 0.3) is 0 Å². The quantitative estimate of drug-likeness (QED) is 0.400. The van der Waals surface area contributed by atoms with Gasteiger partial charge < -0.3 is 18.9 Å². The van der Waals surface area contributed by atoms with Crippen LogP contribution in [0.1, 0.15) is 11.9 Å². The molecule has 0 saturated carbocycles. The summed E-state index contributed by atoms with van der Waals surface area (Å²) >= 11 is 1.58. The van der Waals surface area contributed by atoms with Gasteiger partial charge in [-0.2, -0.15) is 0 Å². The largest absolute Gasteiger partial charge is 0.486 e. The van der Waals surface area contributed by atoms with Gasteiger partial charge in [0.2, 0.25) is 0 Å². The Bertz CT molecular complexity index is 1260. The monoisotopic (exact) mass is 459 g/mol. The van der Waals surface area contributed by atoms with E-state index in [4.69, 9.17) is 18.9 Å². The highest BCUT2D eigenvalue weighted by Crippen LogP contribution is 2.37. The maximum absolute atomic E-state index is 6.22. The van der Waals surface area contributed by atoms with Crippen LogP contribution in [0.3, 0.4) is 0 Å². The van der Waals surface area contributed by atoms with E-state index in [9.17, 15) is 0 Å². The van der Waals surface area contributed by atoms with Crippen LogP contribution in [0.15, 0.2) is 84.0 Å². The number of fused-ring (bicyclic) bond motifs is 2. The van der Waals surface area contributed by atoms with Crippen molar-refractivity contribution < 1.29 is 18.9 Å². The number of para-hydroxylation sites is 5. The van der Waals surface area contributed by atoms with E-state index < -0.39 is 0 Å². The van der Waals surface area contributed by atoms with Crippen LogP contribution < -0.4 is 18.9 Å². The molecule has 4 aromatic rings. The summed E-state index contributed by atoms with van der Waals surface area (Å²) in [7, 11) is 0. The smallest absolute Gasteiger partial charge is 0.196 e. The molecule has 0 spiro atoms. The van der Waals surface area contributed by atoms with Crippen LogP contribution in [0.25, 0.3) is 5.69 Å². The molecule has 0 saturated heterocycles. The van der Waals surface area contributed by atoms with Gasteiger partial charge >= 0.3 is 0 Å². The van der Waals surface area contributed by atoms with E-state index in [1.54, 1.807) is 11.8 Å². The molecule has 166 valence electrons. The fourth-order valence-electron chi connectivity index (χ4n) is 3.86. The van der Waals surface area contributed by atoms with Crippen molar-refractivity contribution in [2.45, 2.75) is 17.4 Å². The standard InChI is InChI=1S/C25H21N3O4S/c1-2-8-17(9-3-1)28-24(23-15-30-20-11-5-7-13-22(20)32-23)26-27-25(28)33-16-18-14-29-19-10-4-6-12-21(19)31-18/h1-13,18,23H,14-16H2. The number of hydrogen-bond donors (Lipinski definition) is 0. The summed E-state index contributed by atoms with van der Waals surface area (Å²) in [5.41, 5.74) is 0.966. The zero-order chi connectivity index (χ0) is 22.0. The Hall–Kier alpha value is -3.65. The lowest BCUT2D eigenvalue weighted by Gasteiger charge is -2.27. The molecule has 0 amide bonds. The highest BCUT2D eigenvalue weighted by atomic mass is 32.2. The van der Waals surface area contributed by atoms with Gasteiger partial charge in [-0.1, -0.05) is 54.2 Å². The van der Waals surface area contributed by atoms with Gasteiger partial charge in [-0.15, -0.1) is 10.2 Å². The van der Waals surface area contributed by atoms with Crippen molar-refractivity contribution in [1.29, 1.82) is 0 Å². The topological polar surface area (TPSA) is 67.6 Å². The Labute approximate surface area is 195 Å². The molecule has 0 radical (unpaired) electrons. The first-order valence-corrected chi connectivity index (χ1v) is 11.7. The zero-order valence-corrected chi connectivity index (χ0v) is 18.5. The van der Waals surface area contributed by atoms with E-state index in [0.29, 0.717) is 30.5 Å². The third kappa shape index (κ3) is 3.98. The van der Waals surface area contributed by atoms with E-state index >= 15 is 0 Å². The molecular weight excluding hydrogens is 438 g/mol. The number of benzene rings is 3. The number of ether oxygens (including phenoxy) is 4. The van der Waals surface area contributed by atoms with Crippen LogP contribution in [0.5, 0.6) is 23.0 Å². The highest BCUT2D eigenvalue weighted by Gasteiger charge is 2.30. The van der Waals surface area contributed by atoms with Crippen molar-refractivity contribution in [1.82, 2.24) is 14.8 Å². The lowest BCUT2D eigenvalue weighted by atomic mass is 10.2. The molecule has 2 aliphatic rings. The Kier molecular flexibility index (Phi) is 5.28. The Morgan fingerprint density at radius 3 is 2.12 bits per heavy atom. The lowest BCUT2D eigenvalue weighted by molar-refractivity contribution is 0.0835. The lowest BCUT2D eigenvalue weighted by Crippen LogP contribution is -2.31. The van der Waals surface area contributed by atoms with Gasteiger partial charge in [-0.3, -0.25) is 4.57 Å². The SMILES string of the molecule is c1ccc(-n2c(SCC3COc4ccccc4O3)nnc2C2COc3ccccc3O2)cc1.